The zero-order valence-electron chi connectivity index (χ0n) is 20.2. The van der Waals surface area contributed by atoms with Gasteiger partial charge in [-0.05, 0) is 51.4 Å². The summed E-state index contributed by atoms with van der Waals surface area (Å²) in [6, 6.07) is 33.5. The summed E-state index contributed by atoms with van der Waals surface area (Å²) in [5.74, 6) is -1.38. The predicted molar refractivity (Wildman–Crippen MR) is 148 cm³/mol. The number of amides is 1. The third-order valence-electron chi connectivity index (χ3n) is 6.25. The van der Waals surface area contributed by atoms with Crippen molar-refractivity contribution in [3.8, 4) is 11.8 Å². The Kier molecular flexibility index (Phi) is 6.83. The molecule has 0 bridgehead atoms. The van der Waals surface area contributed by atoms with E-state index in [-0.39, 0.29) is 16.8 Å². The zero-order chi connectivity index (χ0) is 26.5. The Morgan fingerprint density at radius 1 is 0.816 bits per heavy atom. The van der Waals surface area contributed by atoms with Gasteiger partial charge in [0.25, 0.3) is 5.91 Å². The van der Waals surface area contributed by atoms with Crippen LogP contribution >= 0.6 is 0 Å². The number of ether oxygens (including phenoxy) is 1. The predicted octanol–water partition coefficient (Wildman–Crippen LogP) is 6.82. The van der Waals surface area contributed by atoms with Crippen LogP contribution < -0.4 is 10.1 Å². The highest BCUT2D eigenvalue weighted by atomic mass is 16.5. The molecule has 5 aromatic carbocycles. The lowest BCUT2D eigenvalue weighted by molar-refractivity contribution is -0.112. The molecular weight excluding hydrogens is 476 g/mol. The van der Waals surface area contributed by atoms with Crippen molar-refractivity contribution in [2.24, 2.45) is 0 Å². The maximum absolute atomic E-state index is 13.1. The van der Waals surface area contributed by atoms with Gasteiger partial charge < -0.3 is 15.2 Å². The van der Waals surface area contributed by atoms with E-state index in [9.17, 15) is 20.0 Å². The topological polar surface area (TPSA) is 99.4 Å². The summed E-state index contributed by atoms with van der Waals surface area (Å²) in [6.07, 6.45) is 1.49. The molecule has 0 aliphatic carbocycles. The van der Waals surface area contributed by atoms with E-state index in [2.05, 4.69) is 5.32 Å². The number of nitriles is 1. The monoisotopic (exact) mass is 498 g/mol. The van der Waals surface area contributed by atoms with Crippen molar-refractivity contribution >= 4 is 45.2 Å². The van der Waals surface area contributed by atoms with Crippen LogP contribution in [0.1, 0.15) is 21.5 Å². The maximum Gasteiger partial charge on any atom is 0.337 e. The summed E-state index contributed by atoms with van der Waals surface area (Å²) >= 11 is 0. The number of aromatic carboxylic acids is 1. The van der Waals surface area contributed by atoms with Crippen LogP contribution in [0.3, 0.4) is 0 Å². The van der Waals surface area contributed by atoms with E-state index >= 15 is 0 Å². The molecule has 5 aromatic rings. The Labute approximate surface area is 219 Å². The molecule has 2 N–H and O–H groups in total. The number of hydrogen-bond donors (Lipinski definition) is 2. The van der Waals surface area contributed by atoms with Gasteiger partial charge in [0.05, 0.1) is 11.3 Å². The number of hydrogen-bond acceptors (Lipinski definition) is 4. The Bertz CT molecular complexity index is 1760. The van der Waals surface area contributed by atoms with Gasteiger partial charge in [-0.2, -0.15) is 5.26 Å². The molecule has 0 unspecified atom stereocenters. The first-order valence-electron chi connectivity index (χ1n) is 11.9. The van der Waals surface area contributed by atoms with Crippen molar-refractivity contribution < 1.29 is 19.4 Å². The fourth-order valence-electron chi connectivity index (χ4n) is 4.39. The number of nitrogens with one attached hydrogen (secondary N) is 1. The number of para-hydroxylation sites is 1. The average Bonchev–Trinajstić information content (AvgIpc) is 2.95. The highest BCUT2D eigenvalue weighted by molar-refractivity contribution is 6.13. The first-order chi connectivity index (χ1) is 18.5. The summed E-state index contributed by atoms with van der Waals surface area (Å²) < 4.78 is 6.27. The second kappa shape index (κ2) is 10.7. The second-order valence-electron chi connectivity index (χ2n) is 8.60. The number of anilines is 1. The lowest BCUT2D eigenvalue weighted by Gasteiger charge is -2.14. The van der Waals surface area contributed by atoms with Crippen molar-refractivity contribution in [3.63, 3.8) is 0 Å². The van der Waals surface area contributed by atoms with E-state index in [1.54, 1.807) is 12.1 Å². The largest absolute Gasteiger partial charge is 0.488 e. The van der Waals surface area contributed by atoms with Gasteiger partial charge in [-0.25, -0.2) is 4.79 Å². The zero-order valence-corrected chi connectivity index (χ0v) is 20.2. The van der Waals surface area contributed by atoms with Gasteiger partial charge in [-0.3, -0.25) is 4.79 Å². The Hall–Kier alpha value is -5.41. The smallest absolute Gasteiger partial charge is 0.337 e. The summed E-state index contributed by atoms with van der Waals surface area (Å²) in [5.41, 5.74) is 1.45. The normalized spacial score (nSPS) is 11.2. The van der Waals surface area contributed by atoms with Gasteiger partial charge in [-0.1, -0.05) is 84.9 Å². The quantitative estimate of drug-likeness (QED) is 0.190. The lowest BCUT2D eigenvalue weighted by atomic mass is 10.0. The first-order valence-corrected chi connectivity index (χ1v) is 11.9. The molecule has 38 heavy (non-hydrogen) atoms. The fourth-order valence-corrected chi connectivity index (χ4v) is 4.39. The number of carboxylic acids is 1. The van der Waals surface area contributed by atoms with Gasteiger partial charge in [0.15, 0.2) is 0 Å². The maximum atomic E-state index is 13.1. The minimum atomic E-state index is -1.18. The van der Waals surface area contributed by atoms with Crippen molar-refractivity contribution in [1.82, 2.24) is 0 Å². The molecule has 0 fully saturated rings. The third-order valence-corrected chi connectivity index (χ3v) is 6.25. The highest BCUT2D eigenvalue weighted by Crippen LogP contribution is 2.32. The molecule has 6 heteroatoms. The number of carbonyl (C=O) groups is 2. The van der Waals surface area contributed by atoms with Gasteiger partial charge in [-0.15, -0.1) is 0 Å². The molecular formula is C32H22N2O4. The van der Waals surface area contributed by atoms with E-state index in [1.807, 2.05) is 84.9 Å². The molecule has 6 nitrogen and oxygen atoms in total. The molecule has 0 atom stereocenters. The van der Waals surface area contributed by atoms with Crippen molar-refractivity contribution in [2.45, 2.75) is 6.61 Å². The van der Waals surface area contributed by atoms with Crippen LogP contribution in [0, 0.1) is 11.3 Å². The van der Waals surface area contributed by atoms with Gasteiger partial charge in [0.1, 0.15) is 24.0 Å². The van der Waals surface area contributed by atoms with Gasteiger partial charge >= 0.3 is 5.97 Å². The van der Waals surface area contributed by atoms with Crippen LogP contribution in [-0.4, -0.2) is 17.0 Å². The molecule has 0 spiro atoms. The molecule has 0 radical (unpaired) electrons. The number of fused-ring (bicyclic) bond motifs is 2. The standard InChI is InChI=1S/C32H22N2O4/c33-19-24(31(35)34-29-15-6-5-14-27(29)32(36)37)18-28-26-13-4-2-9-22(26)16-17-30(28)38-20-23-11-7-10-21-8-1-3-12-25(21)23/h1-18H,20H2,(H,34,35)(H,36,37)/b24-18+. The van der Waals surface area contributed by atoms with Crippen LogP contribution in [0.4, 0.5) is 5.69 Å². The van der Waals surface area contributed by atoms with Crippen molar-refractivity contribution in [3.05, 3.63) is 125 Å². The number of nitrogens with zero attached hydrogens (tertiary/aromatic N) is 1. The molecule has 0 saturated heterocycles. The fraction of sp³-hybridized carbons (Fsp3) is 0.0312. The molecule has 0 aliphatic heterocycles. The lowest BCUT2D eigenvalue weighted by Crippen LogP contribution is -2.16. The minimum absolute atomic E-state index is 0.0672. The number of carbonyl (C=O) groups excluding carboxylic acids is 1. The van der Waals surface area contributed by atoms with E-state index < -0.39 is 11.9 Å². The number of benzene rings is 5. The van der Waals surface area contributed by atoms with E-state index in [1.165, 1.54) is 18.2 Å². The second-order valence-corrected chi connectivity index (χ2v) is 8.60. The summed E-state index contributed by atoms with van der Waals surface area (Å²) in [6.45, 7) is 0.292. The third kappa shape index (κ3) is 4.95. The van der Waals surface area contributed by atoms with Crippen molar-refractivity contribution in [1.29, 1.82) is 5.26 Å². The Balaban J connectivity index is 1.52. The highest BCUT2D eigenvalue weighted by Gasteiger charge is 2.17. The molecule has 0 saturated carbocycles. The average molecular weight is 499 g/mol. The van der Waals surface area contributed by atoms with E-state index in [0.29, 0.717) is 17.9 Å². The summed E-state index contributed by atoms with van der Waals surface area (Å²) in [7, 11) is 0. The molecule has 0 heterocycles. The van der Waals surface area contributed by atoms with E-state index in [0.717, 1.165) is 27.1 Å². The number of rotatable bonds is 7. The van der Waals surface area contributed by atoms with Crippen LogP contribution in [0.5, 0.6) is 5.75 Å². The summed E-state index contributed by atoms with van der Waals surface area (Å²) in [4.78, 5) is 24.6. The Morgan fingerprint density at radius 2 is 1.47 bits per heavy atom. The SMILES string of the molecule is N#C/C(=C\c1c(OCc2cccc3ccccc23)ccc2ccccc12)C(=O)Nc1ccccc1C(=O)O. The first kappa shape index (κ1) is 24.3. The minimum Gasteiger partial charge on any atom is -0.488 e. The molecule has 0 aliphatic rings. The van der Waals surface area contributed by atoms with Crippen LogP contribution in [0.2, 0.25) is 0 Å². The van der Waals surface area contributed by atoms with Crippen molar-refractivity contribution in [2.75, 3.05) is 5.32 Å². The molecule has 184 valence electrons. The van der Waals surface area contributed by atoms with Crippen LogP contribution in [0.25, 0.3) is 27.6 Å². The van der Waals surface area contributed by atoms with Gasteiger partial charge in [0, 0.05) is 5.56 Å². The van der Waals surface area contributed by atoms with Crippen LogP contribution in [0.15, 0.2) is 109 Å². The van der Waals surface area contributed by atoms with Crippen LogP contribution in [-0.2, 0) is 11.4 Å². The van der Waals surface area contributed by atoms with E-state index in [4.69, 9.17) is 4.74 Å². The summed E-state index contributed by atoms with van der Waals surface area (Å²) in [5, 5.41) is 25.8. The molecule has 0 aromatic heterocycles. The Morgan fingerprint density at radius 3 is 2.24 bits per heavy atom. The van der Waals surface area contributed by atoms with Gasteiger partial charge in [0.2, 0.25) is 0 Å². The molecule has 1 amide bonds. The number of carboxylic acid groups (broad SMARTS) is 1. The molecule has 5 rings (SSSR count).